The molecule has 0 aliphatic carbocycles. The van der Waals surface area contributed by atoms with E-state index in [4.69, 9.17) is 15.6 Å². The Morgan fingerprint density at radius 3 is 2.59 bits per heavy atom. The fourth-order valence-corrected chi connectivity index (χ4v) is 2.38. The Kier molecular flexibility index (Phi) is 6.33. The van der Waals surface area contributed by atoms with Gasteiger partial charge in [-0.25, -0.2) is 19.6 Å². The Balaban J connectivity index is 1.67. The van der Waals surface area contributed by atoms with Crippen molar-refractivity contribution in [2.45, 2.75) is 20.8 Å². The standard InChI is InChI=1S/C20H22N8O4/c1-20(2,3)14(21)8-15(27-19(30)31)26-18(29)25-11-4-6-12(7-5-11)32-17-13-9-24-28-16(13)22-10-23-17/h4-10H,21H2,1-3H3,(H,30,31)(H,22,23,24,28)(H2,25,26,27,29). The maximum atomic E-state index is 12.3. The maximum Gasteiger partial charge on any atom is 0.433 e. The molecular weight excluding hydrogens is 416 g/mol. The number of nitrogens with two attached hydrogens (primary N) is 1. The average Bonchev–Trinajstić information content (AvgIpc) is 3.18. The third-order valence-corrected chi connectivity index (χ3v) is 4.15. The van der Waals surface area contributed by atoms with E-state index in [1.807, 2.05) is 20.8 Å². The number of nitrogens with one attached hydrogen (secondary N) is 3. The molecule has 32 heavy (non-hydrogen) atoms. The number of amidine groups is 1. The number of nitrogens with zero attached hydrogens (tertiary/aromatic N) is 4. The topological polar surface area (TPSA) is 180 Å². The second kappa shape index (κ2) is 9.12. The van der Waals surface area contributed by atoms with Gasteiger partial charge in [0.2, 0.25) is 5.88 Å². The molecule has 6 N–H and O–H groups in total. The first-order valence-corrected chi connectivity index (χ1v) is 9.41. The number of ether oxygens (including phenoxy) is 1. The smallest absolute Gasteiger partial charge is 0.433 e. The highest BCUT2D eigenvalue weighted by Gasteiger charge is 2.16. The van der Waals surface area contributed by atoms with Crippen molar-refractivity contribution in [1.82, 2.24) is 25.5 Å². The van der Waals surface area contributed by atoms with E-state index < -0.39 is 17.5 Å². The number of fused-ring (bicyclic) bond motifs is 1. The molecule has 166 valence electrons. The second-order valence-corrected chi connectivity index (χ2v) is 7.65. The van der Waals surface area contributed by atoms with E-state index in [0.29, 0.717) is 34.0 Å². The predicted molar refractivity (Wildman–Crippen MR) is 118 cm³/mol. The third-order valence-electron chi connectivity index (χ3n) is 4.15. The largest absolute Gasteiger partial charge is 0.463 e. The van der Waals surface area contributed by atoms with Crippen LogP contribution in [0, 0.1) is 5.41 Å². The van der Waals surface area contributed by atoms with Crippen molar-refractivity contribution in [3.05, 3.63) is 48.6 Å². The molecule has 1 aromatic carbocycles. The number of rotatable bonds is 4. The first-order valence-electron chi connectivity index (χ1n) is 9.41. The van der Waals surface area contributed by atoms with Crippen LogP contribution in [-0.2, 0) is 0 Å². The minimum Gasteiger partial charge on any atom is -0.463 e. The monoisotopic (exact) mass is 438 g/mol. The van der Waals surface area contributed by atoms with E-state index in [2.05, 4.69) is 35.8 Å². The van der Waals surface area contributed by atoms with Crippen LogP contribution in [0.1, 0.15) is 20.8 Å². The van der Waals surface area contributed by atoms with E-state index in [1.165, 1.54) is 12.4 Å². The van der Waals surface area contributed by atoms with Gasteiger partial charge in [0.25, 0.3) is 0 Å². The quantitative estimate of drug-likeness (QED) is 0.304. The van der Waals surface area contributed by atoms with Crippen molar-refractivity contribution < 1.29 is 19.4 Å². The van der Waals surface area contributed by atoms with Gasteiger partial charge in [-0.3, -0.25) is 10.4 Å². The lowest BCUT2D eigenvalue weighted by molar-refractivity contribution is 0.205. The first kappa shape index (κ1) is 22.2. The van der Waals surface area contributed by atoms with Crippen LogP contribution >= 0.6 is 0 Å². The Morgan fingerprint density at radius 1 is 1.22 bits per heavy atom. The number of carbonyl (C=O) groups excluding carboxylic acids is 1. The van der Waals surface area contributed by atoms with Gasteiger partial charge in [-0.2, -0.15) is 10.1 Å². The average molecular weight is 438 g/mol. The molecule has 3 amide bonds. The molecule has 0 aliphatic rings. The summed E-state index contributed by atoms with van der Waals surface area (Å²) in [4.78, 5) is 34.8. The molecule has 0 radical (unpaired) electrons. The lowest BCUT2D eigenvalue weighted by atomic mass is 9.92. The highest BCUT2D eigenvalue weighted by molar-refractivity contribution is 6.10. The molecule has 0 unspecified atom stereocenters. The zero-order valence-corrected chi connectivity index (χ0v) is 17.6. The van der Waals surface area contributed by atoms with Crippen LogP contribution in [-0.4, -0.2) is 43.2 Å². The summed E-state index contributed by atoms with van der Waals surface area (Å²) in [5.74, 6) is 0.612. The summed E-state index contributed by atoms with van der Waals surface area (Å²) in [6, 6.07) is 5.79. The number of urea groups is 1. The molecule has 3 rings (SSSR count). The highest BCUT2D eigenvalue weighted by Crippen LogP contribution is 2.26. The van der Waals surface area contributed by atoms with Crippen LogP contribution in [0.25, 0.3) is 11.0 Å². The molecule has 3 aromatic rings. The van der Waals surface area contributed by atoms with Crippen molar-refractivity contribution >= 4 is 34.7 Å². The molecule has 0 saturated heterocycles. The van der Waals surface area contributed by atoms with Gasteiger partial charge in [-0.05, 0) is 24.3 Å². The van der Waals surface area contributed by atoms with Crippen LogP contribution in [0.15, 0.2) is 53.6 Å². The Hall–Kier alpha value is -4.48. The number of aromatic nitrogens is 4. The second-order valence-electron chi connectivity index (χ2n) is 7.65. The number of aromatic amines is 1. The van der Waals surface area contributed by atoms with Crippen LogP contribution in [0.2, 0.25) is 0 Å². The van der Waals surface area contributed by atoms with E-state index in [-0.39, 0.29) is 5.84 Å². The molecular formula is C20H22N8O4. The van der Waals surface area contributed by atoms with Gasteiger partial charge >= 0.3 is 12.1 Å². The molecule has 0 fully saturated rings. The van der Waals surface area contributed by atoms with Gasteiger partial charge in [-0.1, -0.05) is 20.8 Å². The van der Waals surface area contributed by atoms with Crippen LogP contribution in [0.3, 0.4) is 0 Å². The normalized spacial score (nSPS) is 12.5. The Morgan fingerprint density at radius 2 is 1.94 bits per heavy atom. The van der Waals surface area contributed by atoms with E-state index >= 15 is 0 Å². The van der Waals surface area contributed by atoms with Crippen LogP contribution in [0.4, 0.5) is 15.3 Å². The van der Waals surface area contributed by atoms with Gasteiger partial charge in [0.05, 0.1) is 6.20 Å². The Bertz CT molecular complexity index is 1190. The predicted octanol–water partition coefficient (Wildman–Crippen LogP) is 3.23. The van der Waals surface area contributed by atoms with Gasteiger partial charge in [0.1, 0.15) is 23.3 Å². The molecule has 0 saturated carbocycles. The molecule has 0 spiro atoms. The summed E-state index contributed by atoms with van der Waals surface area (Å²) in [6.07, 6.45) is 2.76. The van der Waals surface area contributed by atoms with Crippen molar-refractivity contribution in [3.63, 3.8) is 0 Å². The summed E-state index contributed by atoms with van der Waals surface area (Å²) < 4.78 is 5.75. The van der Waals surface area contributed by atoms with Crippen LogP contribution in [0.5, 0.6) is 11.6 Å². The fraction of sp³-hybridized carbons (Fsp3) is 0.200. The van der Waals surface area contributed by atoms with Gasteiger partial charge < -0.3 is 20.9 Å². The van der Waals surface area contributed by atoms with Gasteiger partial charge in [-0.15, -0.1) is 0 Å². The van der Waals surface area contributed by atoms with E-state index in [1.54, 1.807) is 30.5 Å². The van der Waals surface area contributed by atoms with Crippen molar-refractivity contribution in [2.75, 3.05) is 5.32 Å². The molecule has 2 aromatic heterocycles. The number of H-pyrrole nitrogens is 1. The lowest BCUT2D eigenvalue weighted by Gasteiger charge is -2.19. The Labute approximate surface area is 182 Å². The number of allylic oxidation sites excluding steroid dienone is 1. The number of hydrogen-bond acceptors (Lipinski definition) is 7. The zero-order chi connectivity index (χ0) is 23.3. The summed E-state index contributed by atoms with van der Waals surface area (Å²) in [5.41, 5.74) is 6.86. The lowest BCUT2D eigenvalue weighted by Crippen LogP contribution is -2.35. The van der Waals surface area contributed by atoms with Gasteiger partial charge in [0.15, 0.2) is 5.65 Å². The summed E-state index contributed by atoms with van der Waals surface area (Å²) >= 11 is 0. The summed E-state index contributed by atoms with van der Waals surface area (Å²) in [6.45, 7) is 5.54. The molecule has 12 nitrogen and oxygen atoms in total. The number of aliphatic imine (C=N–C) groups is 1. The number of amides is 3. The van der Waals surface area contributed by atoms with E-state index in [0.717, 1.165) is 0 Å². The zero-order valence-electron chi connectivity index (χ0n) is 17.6. The molecule has 12 heteroatoms. The highest BCUT2D eigenvalue weighted by atomic mass is 16.5. The fourth-order valence-electron chi connectivity index (χ4n) is 2.38. The summed E-state index contributed by atoms with van der Waals surface area (Å²) in [7, 11) is 0. The number of carbonyl (C=O) groups is 2. The van der Waals surface area contributed by atoms with Crippen molar-refractivity contribution in [1.29, 1.82) is 0 Å². The minimum atomic E-state index is -1.46. The van der Waals surface area contributed by atoms with E-state index in [9.17, 15) is 9.59 Å². The minimum absolute atomic E-state index is 0.199. The number of benzene rings is 1. The molecule has 0 bridgehead atoms. The third kappa shape index (κ3) is 5.78. The van der Waals surface area contributed by atoms with Crippen LogP contribution < -0.4 is 21.1 Å². The number of anilines is 1. The molecule has 2 heterocycles. The molecule has 0 aliphatic heterocycles. The van der Waals surface area contributed by atoms with Crippen molar-refractivity contribution in [3.8, 4) is 11.6 Å². The van der Waals surface area contributed by atoms with Crippen molar-refractivity contribution in [2.24, 2.45) is 16.1 Å². The summed E-state index contributed by atoms with van der Waals surface area (Å²) in [5, 5.41) is 21.2. The number of carboxylic acid groups (broad SMARTS) is 1. The maximum absolute atomic E-state index is 12.3. The first-order chi connectivity index (χ1) is 15.1. The number of hydrogen-bond donors (Lipinski definition) is 5. The molecule has 0 atom stereocenters. The SMILES string of the molecule is CC(C)(C)C(N)=CC(=NC(=O)O)NC(=O)Nc1ccc(Oc2ncnc3[nH]ncc23)cc1. The van der Waals surface area contributed by atoms with Gasteiger partial charge in [0, 0.05) is 22.9 Å².